The summed E-state index contributed by atoms with van der Waals surface area (Å²) in [5.74, 6) is 3.66. The number of carbonyl (C=O) groups excluding carboxylic acids is 1. The SMILES string of the molecule is COc1ccc(/C=C/C(=O)NC[C@H]2CCC[C@@H]2CN2CCN(c3nsc4ccccc34)CC2)c(OC)c1. The van der Waals surface area contributed by atoms with Gasteiger partial charge in [0.05, 0.1) is 18.9 Å². The van der Waals surface area contributed by atoms with E-state index in [1.54, 1.807) is 37.9 Å². The van der Waals surface area contributed by atoms with Crippen LogP contribution in [0, 0.1) is 11.8 Å². The Morgan fingerprint density at radius 2 is 1.89 bits per heavy atom. The molecule has 8 heteroatoms. The van der Waals surface area contributed by atoms with Crippen molar-refractivity contribution in [2.45, 2.75) is 19.3 Å². The molecule has 5 rings (SSSR count). The molecule has 2 aromatic carbocycles. The number of methoxy groups -OCH3 is 2. The molecule has 0 bridgehead atoms. The van der Waals surface area contributed by atoms with Crippen molar-refractivity contribution in [2.24, 2.45) is 11.8 Å². The van der Waals surface area contributed by atoms with E-state index in [9.17, 15) is 4.79 Å². The molecule has 2 atom stereocenters. The highest BCUT2D eigenvalue weighted by Crippen LogP contribution is 2.33. The monoisotopic (exact) mass is 520 g/mol. The third kappa shape index (κ3) is 6.08. The summed E-state index contributed by atoms with van der Waals surface area (Å²) in [5, 5.41) is 4.41. The minimum absolute atomic E-state index is 0.0624. The van der Waals surface area contributed by atoms with Gasteiger partial charge in [0, 0.05) is 62.4 Å². The summed E-state index contributed by atoms with van der Waals surface area (Å²) in [7, 11) is 3.24. The number of nitrogens with zero attached hydrogens (tertiary/aromatic N) is 3. The third-order valence-corrected chi connectivity index (χ3v) is 8.55. The predicted molar refractivity (Wildman–Crippen MR) is 151 cm³/mol. The van der Waals surface area contributed by atoms with Gasteiger partial charge in [-0.25, -0.2) is 0 Å². The molecule has 1 aromatic heterocycles. The fraction of sp³-hybridized carbons (Fsp3) is 0.448. The third-order valence-electron chi connectivity index (χ3n) is 7.73. The van der Waals surface area contributed by atoms with Gasteiger partial charge in [-0.05, 0) is 66.6 Å². The van der Waals surface area contributed by atoms with Crippen LogP contribution in [0.4, 0.5) is 5.82 Å². The van der Waals surface area contributed by atoms with Crippen molar-refractivity contribution in [3.05, 3.63) is 54.1 Å². The second kappa shape index (κ2) is 12.0. The van der Waals surface area contributed by atoms with Crippen molar-refractivity contribution >= 4 is 39.4 Å². The van der Waals surface area contributed by atoms with E-state index >= 15 is 0 Å². The van der Waals surface area contributed by atoms with Gasteiger partial charge in [-0.1, -0.05) is 18.6 Å². The van der Waals surface area contributed by atoms with Gasteiger partial charge in [-0.2, -0.15) is 4.37 Å². The largest absolute Gasteiger partial charge is 0.497 e. The quantitative estimate of drug-likeness (QED) is 0.413. The van der Waals surface area contributed by atoms with E-state index in [0.29, 0.717) is 17.6 Å². The smallest absolute Gasteiger partial charge is 0.244 e. The first-order valence-corrected chi connectivity index (χ1v) is 13.9. The number of nitrogens with one attached hydrogen (secondary N) is 1. The Balaban J connectivity index is 1.09. The Morgan fingerprint density at radius 1 is 1.08 bits per heavy atom. The van der Waals surface area contributed by atoms with E-state index in [1.165, 1.54) is 29.3 Å². The van der Waals surface area contributed by atoms with Crippen LogP contribution < -0.4 is 19.7 Å². The van der Waals surface area contributed by atoms with Gasteiger partial charge in [0.25, 0.3) is 0 Å². The second-order valence-corrected chi connectivity index (χ2v) is 10.7. The van der Waals surface area contributed by atoms with E-state index in [0.717, 1.165) is 56.4 Å². The number of amides is 1. The molecule has 37 heavy (non-hydrogen) atoms. The number of piperazine rings is 1. The molecule has 0 unspecified atom stereocenters. The molecule has 2 heterocycles. The lowest BCUT2D eigenvalue weighted by Gasteiger charge is -2.37. The van der Waals surface area contributed by atoms with Gasteiger partial charge >= 0.3 is 0 Å². The fourth-order valence-corrected chi connectivity index (χ4v) is 6.41. The molecule has 2 fully saturated rings. The lowest BCUT2D eigenvalue weighted by atomic mass is 9.95. The zero-order valence-electron chi connectivity index (χ0n) is 21.7. The molecular formula is C29H36N4O3S. The predicted octanol–water partition coefficient (Wildman–Crippen LogP) is 4.68. The average molecular weight is 521 g/mol. The zero-order valence-corrected chi connectivity index (χ0v) is 22.5. The number of ether oxygens (including phenoxy) is 2. The van der Waals surface area contributed by atoms with Gasteiger partial charge in [-0.3, -0.25) is 9.69 Å². The number of hydrogen-bond donors (Lipinski definition) is 1. The van der Waals surface area contributed by atoms with Crippen molar-refractivity contribution in [1.82, 2.24) is 14.6 Å². The lowest BCUT2D eigenvalue weighted by Crippen LogP contribution is -2.48. The molecule has 0 radical (unpaired) electrons. The van der Waals surface area contributed by atoms with Gasteiger partial charge in [0.1, 0.15) is 17.3 Å². The molecule has 0 spiro atoms. The normalized spacial score (nSPS) is 20.5. The van der Waals surface area contributed by atoms with Crippen LogP contribution >= 0.6 is 11.5 Å². The Morgan fingerprint density at radius 3 is 2.70 bits per heavy atom. The molecule has 7 nitrogen and oxygen atoms in total. The summed E-state index contributed by atoms with van der Waals surface area (Å²) in [5.41, 5.74) is 0.849. The molecule has 196 valence electrons. The molecule has 1 saturated carbocycles. The van der Waals surface area contributed by atoms with E-state index in [1.807, 2.05) is 18.2 Å². The number of rotatable bonds is 9. The van der Waals surface area contributed by atoms with Gasteiger partial charge in [-0.15, -0.1) is 0 Å². The maximum atomic E-state index is 12.5. The Kier molecular flexibility index (Phi) is 8.26. The highest BCUT2D eigenvalue weighted by atomic mass is 32.1. The first-order valence-electron chi connectivity index (χ1n) is 13.1. The van der Waals surface area contributed by atoms with Crippen LogP contribution in [0.1, 0.15) is 24.8 Å². The molecule has 2 aliphatic rings. The van der Waals surface area contributed by atoms with E-state index in [2.05, 4.69) is 39.4 Å². The van der Waals surface area contributed by atoms with Gasteiger partial charge in [0.15, 0.2) is 0 Å². The molecule has 1 saturated heterocycles. The van der Waals surface area contributed by atoms with Gasteiger partial charge in [0.2, 0.25) is 5.91 Å². The van der Waals surface area contributed by atoms with Crippen LogP contribution in [0.3, 0.4) is 0 Å². The van der Waals surface area contributed by atoms with Crippen molar-refractivity contribution in [1.29, 1.82) is 0 Å². The molecular weight excluding hydrogens is 484 g/mol. The maximum absolute atomic E-state index is 12.5. The Labute approximate surface area is 223 Å². The summed E-state index contributed by atoms with van der Waals surface area (Å²) >= 11 is 1.59. The highest BCUT2D eigenvalue weighted by molar-refractivity contribution is 7.13. The van der Waals surface area contributed by atoms with Crippen LogP contribution in [-0.4, -0.2) is 68.7 Å². The molecule has 3 aromatic rings. The van der Waals surface area contributed by atoms with Crippen molar-refractivity contribution in [3.63, 3.8) is 0 Å². The standard InChI is InChI=1S/C29H36N4O3S/c1-35-24-12-10-21(26(18-24)36-2)11-13-28(34)30-19-22-6-5-7-23(22)20-32-14-16-33(17-15-32)29-25-8-3-4-9-27(25)37-31-29/h3-4,8-13,18,22-23H,5-7,14-17,19-20H2,1-2H3,(H,30,34)/b13-11+/t22-,23-/m1/s1. The molecule has 1 aliphatic carbocycles. The van der Waals surface area contributed by atoms with Gasteiger partial charge < -0.3 is 19.7 Å². The first kappa shape index (κ1) is 25.5. The summed E-state index contributed by atoms with van der Waals surface area (Å²) in [6, 6.07) is 14.1. The maximum Gasteiger partial charge on any atom is 0.244 e. The van der Waals surface area contributed by atoms with E-state index < -0.39 is 0 Å². The van der Waals surface area contributed by atoms with E-state index in [-0.39, 0.29) is 5.91 Å². The van der Waals surface area contributed by atoms with Crippen LogP contribution in [0.5, 0.6) is 11.5 Å². The number of carbonyl (C=O) groups is 1. The number of aromatic nitrogens is 1. The summed E-state index contributed by atoms with van der Waals surface area (Å²) in [4.78, 5) is 17.6. The minimum Gasteiger partial charge on any atom is -0.497 e. The van der Waals surface area contributed by atoms with Crippen LogP contribution in [0.2, 0.25) is 0 Å². The molecule has 1 amide bonds. The number of fused-ring (bicyclic) bond motifs is 1. The fourth-order valence-electron chi connectivity index (χ4n) is 5.61. The Bertz CT molecular complexity index is 1230. The van der Waals surface area contributed by atoms with Crippen LogP contribution in [0.25, 0.3) is 16.2 Å². The summed E-state index contributed by atoms with van der Waals surface area (Å²) < 4.78 is 16.7. The highest BCUT2D eigenvalue weighted by Gasteiger charge is 2.30. The number of anilines is 1. The molecule has 1 N–H and O–H groups in total. The summed E-state index contributed by atoms with van der Waals surface area (Å²) in [6.07, 6.45) is 7.07. The minimum atomic E-state index is -0.0624. The van der Waals surface area contributed by atoms with Crippen LogP contribution in [0.15, 0.2) is 48.5 Å². The zero-order chi connectivity index (χ0) is 25.6. The summed E-state index contributed by atoms with van der Waals surface area (Å²) in [6.45, 7) is 6.01. The average Bonchev–Trinajstić information content (AvgIpc) is 3.58. The first-order chi connectivity index (χ1) is 18.1. The van der Waals surface area contributed by atoms with Crippen molar-refractivity contribution < 1.29 is 14.3 Å². The van der Waals surface area contributed by atoms with Crippen molar-refractivity contribution in [3.8, 4) is 11.5 Å². The number of benzene rings is 2. The second-order valence-electron chi connectivity index (χ2n) is 9.93. The number of hydrogen-bond acceptors (Lipinski definition) is 7. The Hall–Kier alpha value is -3.10. The lowest BCUT2D eigenvalue weighted by molar-refractivity contribution is -0.116. The topological polar surface area (TPSA) is 66.9 Å². The van der Waals surface area contributed by atoms with Crippen molar-refractivity contribution in [2.75, 3.05) is 58.4 Å². The molecule has 1 aliphatic heterocycles. The van der Waals surface area contributed by atoms with E-state index in [4.69, 9.17) is 13.8 Å². The van der Waals surface area contributed by atoms with Crippen LogP contribution in [-0.2, 0) is 4.79 Å².